The van der Waals surface area contributed by atoms with Crippen LogP contribution in [0.15, 0.2) is 18.2 Å². The Balaban J connectivity index is 1.44. The van der Waals surface area contributed by atoms with Gasteiger partial charge >= 0.3 is 0 Å². The molecule has 5 nitrogen and oxygen atoms in total. The van der Waals surface area contributed by atoms with Gasteiger partial charge in [-0.3, -0.25) is 9.78 Å². The molecule has 3 heterocycles. The molecule has 124 valence electrons. The van der Waals surface area contributed by atoms with E-state index in [1.165, 1.54) is 0 Å². The number of fused-ring (bicyclic) bond motifs is 1. The molecule has 1 amide bonds. The van der Waals surface area contributed by atoms with Crippen molar-refractivity contribution in [2.24, 2.45) is 5.92 Å². The van der Waals surface area contributed by atoms with Crippen LogP contribution in [0.2, 0.25) is 0 Å². The maximum atomic E-state index is 12.5. The van der Waals surface area contributed by atoms with Crippen molar-refractivity contribution in [2.75, 3.05) is 13.2 Å². The molecule has 3 atom stereocenters. The van der Waals surface area contributed by atoms with E-state index in [1.54, 1.807) is 0 Å². The van der Waals surface area contributed by atoms with Crippen LogP contribution in [0, 0.1) is 12.8 Å². The summed E-state index contributed by atoms with van der Waals surface area (Å²) in [6.45, 7) is 3.89. The minimum atomic E-state index is -0.0367. The highest BCUT2D eigenvalue weighted by Crippen LogP contribution is 2.37. The second kappa shape index (κ2) is 6.21. The predicted molar refractivity (Wildman–Crippen MR) is 84.8 cm³/mol. The molecule has 3 fully saturated rings. The molecule has 0 spiro atoms. The summed E-state index contributed by atoms with van der Waals surface area (Å²) < 4.78 is 12.1. The van der Waals surface area contributed by atoms with E-state index in [2.05, 4.69) is 4.98 Å². The van der Waals surface area contributed by atoms with Gasteiger partial charge in [-0.1, -0.05) is 6.07 Å². The zero-order valence-corrected chi connectivity index (χ0v) is 13.6. The molecule has 0 unspecified atom stereocenters. The third-order valence-corrected chi connectivity index (χ3v) is 5.08. The number of nitrogens with zero attached hydrogens (tertiary/aromatic N) is 2. The van der Waals surface area contributed by atoms with E-state index in [0.717, 1.165) is 43.7 Å². The smallest absolute Gasteiger partial charge is 0.226 e. The number of amides is 1. The van der Waals surface area contributed by atoms with Crippen LogP contribution in [0.5, 0.6) is 0 Å². The highest BCUT2D eigenvalue weighted by atomic mass is 16.5. The van der Waals surface area contributed by atoms with Gasteiger partial charge in [0.1, 0.15) is 12.2 Å². The largest absolute Gasteiger partial charge is 0.373 e. The van der Waals surface area contributed by atoms with Crippen molar-refractivity contribution in [3.05, 3.63) is 29.6 Å². The van der Waals surface area contributed by atoms with E-state index in [9.17, 15) is 4.79 Å². The van der Waals surface area contributed by atoms with Gasteiger partial charge < -0.3 is 14.4 Å². The SMILES string of the molecule is Cc1cccc(CO[C@@H]2CN(C(=O)C3CC3)[C@@H]3CCCO[C@@H]32)n1. The molecular formula is C18H24N2O3. The van der Waals surface area contributed by atoms with Crippen molar-refractivity contribution in [3.63, 3.8) is 0 Å². The highest BCUT2D eigenvalue weighted by Gasteiger charge is 2.49. The van der Waals surface area contributed by atoms with Crippen LogP contribution >= 0.6 is 0 Å². The third kappa shape index (κ3) is 3.12. The van der Waals surface area contributed by atoms with E-state index in [0.29, 0.717) is 19.1 Å². The summed E-state index contributed by atoms with van der Waals surface area (Å²) >= 11 is 0. The van der Waals surface area contributed by atoms with Gasteiger partial charge in [0.15, 0.2) is 0 Å². The lowest BCUT2D eigenvalue weighted by Gasteiger charge is -2.32. The number of hydrogen-bond donors (Lipinski definition) is 0. The van der Waals surface area contributed by atoms with Crippen molar-refractivity contribution in [3.8, 4) is 0 Å². The van der Waals surface area contributed by atoms with Crippen molar-refractivity contribution >= 4 is 5.91 Å². The number of aromatic nitrogens is 1. The molecule has 23 heavy (non-hydrogen) atoms. The molecule has 4 rings (SSSR count). The van der Waals surface area contributed by atoms with Crippen molar-refractivity contribution < 1.29 is 14.3 Å². The molecule has 0 bridgehead atoms. The maximum absolute atomic E-state index is 12.5. The number of rotatable bonds is 4. The Labute approximate surface area is 137 Å². The fraction of sp³-hybridized carbons (Fsp3) is 0.667. The average molecular weight is 316 g/mol. The van der Waals surface area contributed by atoms with E-state index < -0.39 is 0 Å². The molecule has 0 aromatic carbocycles. The zero-order chi connectivity index (χ0) is 15.8. The van der Waals surface area contributed by atoms with Crippen LogP contribution in [0.25, 0.3) is 0 Å². The standard InChI is InChI=1S/C18H24N2O3/c1-12-4-2-5-14(19-12)11-23-16-10-20(18(21)13-7-8-13)15-6-3-9-22-17(15)16/h2,4-5,13,15-17H,3,6-11H2,1H3/t15-,16-,17+/m1/s1. The zero-order valence-electron chi connectivity index (χ0n) is 13.6. The van der Waals surface area contributed by atoms with E-state index in [1.807, 2.05) is 30.0 Å². The molecule has 0 N–H and O–H groups in total. The van der Waals surface area contributed by atoms with E-state index in [4.69, 9.17) is 9.47 Å². The normalized spacial score (nSPS) is 30.3. The number of aryl methyl sites for hydroxylation is 1. The monoisotopic (exact) mass is 316 g/mol. The van der Waals surface area contributed by atoms with Crippen molar-refractivity contribution in [1.82, 2.24) is 9.88 Å². The lowest BCUT2D eigenvalue weighted by atomic mass is 10.0. The van der Waals surface area contributed by atoms with Gasteiger partial charge in [-0.15, -0.1) is 0 Å². The Kier molecular flexibility index (Phi) is 4.07. The summed E-state index contributed by atoms with van der Waals surface area (Å²) in [6, 6.07) is 6.16. The van der Waals surface area contributed by atoms with Crippen LogP contribution in [-0.4, -0.2) is 47.2 Å². The molecule has 1 aromatic heterocycles. The maximum Gasteiger partial charge on any atom is 0.226 e. The minimum Gasteiger partial charge on any atom is -0.373 e. The summed E-state index contributed by atoms with van der Waals surface area (Å²) in [7, 11) is 0. The molecule has 0 radical (unpaired) electrons. The van der Waals surface area contributed by atoms with Gasteiger partial charge in [0, 0.05) is 24.8 Å². The van der Waals surface area contributed by atoms with Crippen LogP contribution in [0.4, 0.5) is 0 Å². The van der Waals surface area contributed by atoms with Crippen LogP contribution in [0.3, 0.4) is 0 Å². The lowest BCUT2D eigenvalue weighted by molar-refractivity contribution is -0.136. The van der Waals surface area contributed by atoms with Crippen LogP contribution in [0.1, 0.15) is 37.1 Å². The van der Waals surface area contributed by atoms with Crippen LogP contribution < -0.4 is 0 Å². The molecule has 1 aliphatic carbocycles. The van der Waals surface area contributed by atoms with Gasteiger partial charge in [0.2, 0.25) is 5.91 Å². The summed E-state index contributed by atoms with van der Waals surface area (Å²) in [6.07, 6.45) is 4.15. The quantitative estimate of drug-likeness (QED) is 0.853. The van der Waals surface area contributed by atoms with Crippen LogP contribution in [-0.2, 0) is 20.9 Å². The molecule has 1 saturated carbocycles. The first-order valence-electron chi connectivity index (χ1n) is 8.68. The average Bonchev–Trinajstić information content (AvgIpc) is 3.34. The molecule has 1 aromatic rings. The fourth-order valence-electron chi connectivity index (χ4n) is 3.75. The Hall–Kier alpha value is -1.46. The number of hydrogen-bond acceptors (Lipinski definition) is 4. The second-order valence-electron chi connectivity index (χ2n) is 6.93. The fourth-order valence-corrected chi connectivity index (χ4v) is 3.75. The minimum absolute atomic E-state index is 0.0243. The molecule has 5 heteroatoms. The number of carbonyl (C=O) groups excluding carboxylic acids is 1. The Morgan fingerprint density at radius 2 is 2.26 bits per heavy atom. The van der Waals surface area contributed by atoms with Gasteiger partial charge in [0.25, 0.3) is 0 Å². The van der Waals surface area contributed by atoms with E-state index >= 15 is 0 Å². The van der Waals surface area contributed by atoms with Gasteiger partial charge in [-0.05, 0) is 44.7 Å². The van der Waals surface area contributed by atoms with E-state index in [-0.39, 0.29) is 24.2 Å². The number of ether oxygens (including phenoxy) is 2. The highest BCUT2D eigenvalue weighted by molar-refractivity contribution is 5.81. The first-order valence-corrected chi connectivity index (χ1v) is 8.68. The summed E-state index contributed by atoms with van der Waals surface area (Å²) in [4.78, 5) is 19.1. The third-order valence-electron chi connectivity index (χ3n) is 5.08. The first-order chi connectivity index (χ1) is 11.2. The lowest BCUT2D eigenvalue weighted by Crippen LogP contribution is -2.44. The van der Waals surface area contributed by atoms with Crippen molar-refractivity contribution in [2.45, 2.75) is 57.5 Å². The molecule has 2 aliphatic heterocycles. The van der Waals surface area contributed by atoms with Gasteiger partial charge in [-0.25, -0.2) is 0 Å². The number of carbonyl (C=O) groups is 1. The summed E-state index contributed by atoms with van der Waals surface area (Å²) in [5.74, 6) is 0.569. The molecule has 3 aliphatic rings. The Morgan fingerprint density at radius 1 is 1.39 bits per heavy atom. The number of likely N-dealkylation sites (tertiary alicyclic amines) is 1. The van der Waals surface area contributed by atoms with Crippen molar-refractivity contribution in [1.29, 1.82) is 0 Å². The Bertz CT molecular complexity index is 587. The Morgan fingerprint density at radius 3 is 3.04 bits per heavy atom. The predicted octanol–water partition coefficient (Wildman–Crippen LogP) is 2.08. The van der Waals surface area contributed by atoms with Gasteiger partial charge in [0.05, 0.1) is 18.3 Å². The summed E-state index contributed by atoms with van der Waals surface area (Å²) in [5, 5.41) is 0. The topological polar surface area (TPSA) is 51.7 Å². The van der Waals surface area contributed by atoms with Gasteiger partial charge in [-0.2, -0.15) is 0 Å². The second-order valence-corrected chi connectivity index (χ2v) is 6.93. The molecular weight excluding hydrogens is 292 g/mol. The summed E-state index contributed by atoms with van der Waals surface area (Å²) in [5.41, 5.74) is 1.93. The number of pyridine rings is 1. The molecule has 2 saturated heterocycles. The first kappa shape index (κ1) is 15.1.